The Labute approximate surface area is 181 Å². The lowest BCUT2D eigenvalue weighted by Crippen LogP contribution is -2.40. The highest BCUT2D eigenvalue weighted by Crippen LogP contribution is 2.42. The largest absolute Gasteiger partial charge is 0.497 e. The molecule has 1 atom stereocenters. The fraction of sp³-hybridized carbons (Fsp3) is 0.375. The third-order valence-corrected chi connectivity index (χ3v) is 7.65. The fourth-order valence-corrected chi connectivity index (χ4v) is 6.07. The lowest BCUT2D eigenvalue weighted by Gasteiger charge is -2.28. The number of carbonyl (C=O) groups excluding carboxylic acids is 1. The van der Waals surface area contributed by atoms with Gasteiger partial charge in [-0.25, -0.2) is 4.79 Å². The molecular weight excluding hydrogens is 394 g/mol. The summed E-state index contributed by atoms with van der Waals surface area (Å²) >= 11 is 1.92. The summed E-state index contributed by atoms with van der Waals surface area (Å²) in [6, 6.07) is 12.0. The molecule has 0 fully saturated rings. The number of amides is 2. The molecule has 0 spiro atoms. The van der Waals surface area contributed by atoms with Gasteiger partial charge in [0.15, 0.2) is 0 Å². The fourth-order valence-electron chi connectivity index (χ4n) is 4.67. The van der Waals surface area contributed by atoms with Gasteiger partial charge in [-0.15, -0.1) is 11.3 Å². The van der Waals surface area contributed by atoms with Gasteiger partial charge in [-0.3, -0.25) is 0 Å². The van der Waals surface area contributed by atoms with Crippen LogP contribution in [0.5, 0.6) is 5.75 Å². The molecule has 1 aliphatic carbocycles. The van der Waals surface area contributed by atoms with E-state index in [2.05, 4.69) is 35.1 Å². The summed E-state index contributed by atoms with van der Waals surface area (Å²) in [4.78, 5) is 16.8. The summed E-state index contributed by atoms with van der Waals surface area (Å²) < 4.78 is 7.60. The number of rotatable bonds is 3. The van der Waals surface area contributed by atoms with Crippen molar-refractivity contribution >= 4 is 17.4 Å². The van der Waals surface area contributed by atoms with Crippen molar-refractivity contribution in [3.63, 3.8) is 0 Å². The quantitative estimate of drug-likeness (QED) is 0.631. The minimum absolute atomic E-state index is 0.00384. The van der Waals surface area contributed by atoms with E-state index in [1.165, 1.54) is 46.0 Å². The van der Waals surface area contributed by atoms with E-state index in [1.807, 2.05) is 40.5 Å². The highest BCUT2D eigenvalue weighted by atomic mass is 32.1. The highest BCUT2D eigenvalue weighted by molar-refractivity contribution is 7.15. The van der Waals surface area contributed by atoms with Crippen molar-refractivity contribution in [2.24, 2.45) is 0 Å². The Morgan fingerprint density at radius 2 is 2.07 bits per heavy atom. The Balaban J connectivity index is 1.44. The van der Waals surface area contributed by atoms with E-state index >= 15 is 0 Å². The molecule has 0 saturated carbocycles. The van der Waals surface area contributed by atoms with Crippen LogP contribution < -0.4 is 10.1 Å². The maximum absolute atomic E-state index is 13.3. The Hall–Kier alpha value is -2.73. The van der Waals surface area contributed by atoms with Crippen molar-refractivity contribution in [3.05, 3.63) is 69.9 Å². The summed E-state index contributed by atoms with van der Waals surface area (Å²) in [6.07, 6.45) is 6.95. The molecule has 1 aliphatic heterocycles. The van der Waals surface area contributed by atoms with Gasteiger partial charge in [0.1, 0.15) is 10.8 Å². The van der Waals surface area contributed by atoms with Gasteiger partial charge in [-0.05, 0) is 68.0 Å². The van der Waals surface area contributed by atoms with Gasteiger partial charge in [0.2, 0.25) is 0 Å². The Morgan fingerprint density at radius 1 is 1.20 bits per heavy atom. The minimum atomic E-state index is -0.0262. The van der Waals surface area contributed by atoms with Crippen molar-refractivity contribution in [2.75, 3.05) is 7.11 Å². The van der Waals surface area contributed by atoms with Crippen LogP contribution in [0.15, 0.2) is 42.6 Å². The van der Waals surface area contributed by atoms with Crippen molar-refractivity contribution in [2.45, 2.75) is 51.7 Å². The lowest BCUT2D eigenvalue weighted by molar-refractivity contribution is 0.174. The van der Waals surface area contributed by atoms with Crippen LogP contribution in [-0.4, -0.2) is 22.6 Å². The first-order chi connectivity index (χ1) is 14.7. The first kappa shape index (κ1) is 19.2. The Kier molecular flexibility index (Phi) is 5.03. The topological polar surface area (TPSA) is 46.5 Å². The van der Waals surface area contributed by atoms with E-state index in [0.29, 0.717) is 13.1 Å². The molecule has 5 rings (SSSR count). The van der Waals surface area contributed by atoms with Crippen LogP contribution >= 0.6 is 11.3 Å². The Bertz CT molecular complexity index is 1080. The van der Waals surface area contributed by atoms with E-state index in [-0.39, 0.29) is 12.1 Å². The maximum Gasteiger partial charge on any atom is 0.318 e. The zero-order valence-corrected chi connectivity index (χ0v) is 18.3. The van der Waals surface area contributed by atoms with Crippen LogP contribution in [0.2, 0.25) is 0 Å². The highest BCUT2D eigenvalue weighted by Gasteiger charge is 2.32. The van der Waals surface area contributed by atoms with E-state index in [1.54, 1.807) is 7.11 Å². The molecule has 2 aliphatic rings. The van der Waals surface area contributed by atoms with Crippen LogP contribution in [-0.2, 0) is 25.9 Å². The molecule has 0 saturated heterocycles. The zero-order valence-electron chi connectivity index (χ0n) is 17.5. The summed E-state index contributed by atoms with van der Waals surface area (Å²) in [7, 11) is 1.66. The smallest absolute Gasteiger partial charge is 0.318 e. The number of thiophene rings is 1. The number of hydrogen-bond acceptors (Lipinski definition) is 3. The number of nitrogens with one attached hydrogen (secondary N) is 1. The SMILES string of the molecule is COc1cccc(CNC(=O)N2Cc3c(sc4c3CCCC4)-n3cccc3[C@@H]2C)c1. The standard InChI is InChI=1S/C24H27N3O2S/c1-16-21-10-6-12-26(21)23-20(19-9-3-4-11-22(19)30-23)15-27(16)24(28)25-14-17-7-5-8-18(13-17)29-2/h5-8,10,12-13,16H,3-4,9,11,14-15H2,1-2H3,(H,25,28)/t16-/m0/s1. The van der Waals surface area contributed by atoms with Gasteiger partial charge in [0, 0.05) is 28.9 Å². The summed E-state index contributed by atoms with van der Waals surface area (Å²) in [5.74, 6) is 0.803. The number of aryl methyl sites for hydroxylation is 1. The van der Waals surface area contributed by atoms with Crippen molar-refractivity contribution < 1.29 is 9.53 Å². The summed E-state index contributed by atoms with van der Waals surface area (Å²) in [5.41, 5.74) is 5.03. The van der Waals surface area contributed by atoms with Gasteiger partial charge in [0.05, 0.1) is 19.7 Å². The van der Waals surface area contributed by atoms with Crippen LogP contribution in [0.1, 0.15) is 53.1 Å². The second-order valence-corrected chi connectivity index (χ2v) is 9.20. The number of hydrogen-bond donors (Lipinski definition) is 1. The monoisotopic (exact) mass is 421 g/mol. The van der Waals surface area contributed by atoms with Crippen molar-refractivity contribution in [1.29, 1.82) is 0 Å². The summed E-state index contributed by atoms with van der Waals surface area (Å²) in [6.45, 7) is 3.27. The molecule has 0 bridgehead atoms. The van der Waals surface area contributed by atoms with Crippen LogP contribution in [0.25, 0.3) is 5.00 Å². The first-order valence-electron chi connectivity index (χ1n) is 10.6. The molecule has 1 N–H and O–H groups in total. The molecule has 2 amide bonds. The van der Waals surface area contributed by atoms with Crippen molar-refractivity contribution in [1.82, 2.24) is 14.8 Å². The second-order valence-electron chi connectivity index (χ2n) is 8.11. The molecule has 0 unspecified atom stereocenters. The number of carbonyl (C=O) groups is 1. The molecule has 5 nitrogen and oxygen atoms in total. The van der Waals surface area contributed by atoms with E-state index in [9.17, 15) is 4.79 Å². The number of fused-ring (bicyclic) bond motifs is 5. The van der Waals surface area contributed by atoms with E-state index in [0.717, 1.165) is 17.7 Å². The Morgan fingerprint density at radius 3 is 2.93 bits per heavy atom. The third kappa shape index (κ3) is 3.29. The normalized spacial score (nSPS) is 17.5. The average molecular weight is 422 g/mol. The molecule has 1 aromatic carbocycles. The number of aromatic nitrogens is 1. The molecular formula is C24H27N3O2S. The van der Waals surface area contributed by atoms with Crippen LogP contribution in [0.4, 0.5) is 4.79 Å². The molecule has 30 heavy (non-hydrogen) atoms. The van der Waals surface area contributed by atoms with E-state index in [4.69, 9.17) is 4.74 Å². The average Bonchev–Trinajstić information content (AvgIpc) is 3.38. The number of ether oxygens (including phenoxy) is 1. The molecule has 6 heteroatoms. The molecule has 2 aromatic heterocycles. The predicted octanol–water partition coefficient (Wildman–Crippen LogP) is 5.21. The number of benzene rings is 1. The van der Waals surface area contributed by atoms with Crippen molar-refractivity contribution in [3.8, 4) is 10.8 Å². The number of nitrogens with zero attached hydrogens (tertiary/aromatic N) is 2. The molecule has 156 valence electrons. The molecule has 0 radical (unpaired) electrons. The lowest BCUT2D eigenvalue weighted by atomic mass is 9.95. The van der Waals surface area contributed by atoms with Gasteiger partial charge < -0.3 is 19.5 Å². The first-order valence-corrected chi connectivity index (χ1v) is 11.5. The van der Waals surface area contributed by atoms with Gasteiger partial charge >= 0.3 is 6.03 Å². The second kappa shape index (κ2) is 7.84. The minimum Gasteiger partial charge on any atom is -0.497 e. The van der Waals surface area contributed by atoms with Gasteiger partial charge in [-0.1, -0.05) is 12.1 Å². The van der Waals surface area contributed by atoms with Gasteiger partial charge in [0.25, 0.3) is 0 Å². The zero-order chi connectivity index (χ0) is 20.7. The summed E-state index contributed by atoms with van der Waals surface area (Å²) in [5, 5.41) is 4.43. The van der Waals surface area contributed by atoms with Crippen LogP contribution in [0, 0.1) is 0 Å². The molecule has 3 heterocycles. The number of methoxy groups -OCH3 is 1. The van der Waals surface area contributed by atoms with Crippen LogP contribution in [0.3, 0.4) is 0 Å². The third-order valence-electron chi connectivity index (χ3n) is 6.32. The van der Waals surface area contributed by atoms with Gasteiger partial charge in [-0.2, -0.15) is 0 Å². The maximum atomic E-state index is 13.3. The van der Waals surface area contributed by atoms with E-state index < -0.39 is 0 Å². The predicted molar refractivity (Wildman–Crippen MR) is 119 cm³/mol. The number of urea groups is 1. The molecule has 3 aromatic rings.